The molecule has 24 heavy (non-hydrogen) atoms. The standard InChI is InChI=1S/C18H28N2O4/c1-13(2)12-24-16-7-5-15(6-8-16)9-10-19-18(23)20(4)11-14(3)17(21)22/h5-8,13-14H,9-12H2,1-4H3,(H,19,23)(H,21,22). The number of rotatable bonds is 9. The Morgan fingerprint density at radius 3 is 2.38 bits per heavy atom. The van der Waals surface area contributed by atoms with Crippen LogP contribution < -0.4 is 10.1 Å². The van der Waals surface area contributed by atoms with Crippen molar-refractivity contribution in [1.29, 1.82) is 0 Å². The van der Waals surface area contributed by atoms with Gasteiger partial charge in [0.2, 0.25) is 0 Å². The molecule has 0 saturated carbocycles. The molecule has 0 aliphatic heterocycles. The monoisotopic (exact) mass is 336 g/mol. The van der Waals surface area contributed by atoms with E-state index < -0.39 is 11.9 Å². The Kier molecular flexibility index (Phi) is 8.09. The zero-order valence-electron chi connectivity index (χ0n) is 14.9. The van der Waals surface area contributed by atoms with Crippen molar-refractivity contribution in [1.82, 2.24) is 10.2 Å². The summed E-state index contributed by atoms with van der Waals surface area (Å²) in [7, 11) is 1.59. The van der Waals surface area contributed by atoms with Crippen LogP contribution in [0.1, 0.15) is 26.3 Å². The molecule has 0 radical (unpaired) electrons. The number of ether oxygens (including phenoxy) is 1. The molecular weight excluding hydrogens is 308 g/mol. The average molecular weight is 336 g/mol. The number of benzene rings is 1. The van der Waals surface area contributed by atoms with Crippen LogP contribution in [0.15, 0.2) is 24.3 Å². The third kappa shape index (κ3) is 7.35. The summed E-state index contributed by atoms with van der Waals surface area (Å²) in [6.45, 7) is 7.15. The molecule has 0 heterocycles. The van der Waals surface area contributed by atoms with E-state index in [0.717, 1.165) is 11.3 Å². The van der Waals surface area contributed by atoms with Crippen molar-refractivity contribution in [2.75, 3.05) is 26.7 Å². The van der Waals surface area contributed by atoms with Gasteiger partial charge in [-0.2, -0.15) is 0 Å². The van der Waals surface area contributed by atoms with Crippen LogP contribution in [-0.2, 0) is 11.2 Å². The van der Waals surface area contributed by atoms with Gasteiger partial charge in [0.05, 0.1) is 12.5 Å². The highest BCUT2D eigenvalue weighted by atomic mass is 16.5. The smallest absolute Gasteiger partial charge is 0.317 e. The SMILES string of the molecule is CC(C)COc1ccc(CCNC(=O)N(C)CC(C)C(=O)O)cc1. The zero-order valence-corrected chi connectivity index (χ0v) is 14.9. The molecule has 0 aromatic heterocycles. The number of hydrogen-bond donors (Lipinski definition) is 2. The van der Waals surface area contributed by atoms with E-state index in [1.807, 2.05) is 24.3 Å². The molecule has 0 aliphatic carbocycles. The van der Waals surface area contributed by atoms with E-state index in [1.54, 1.807) is 14.0 Å². The molecule has 0 spiro atoms. The second kappa shape index (κ2) is 9.80. The molecule has 0 saturated heterocycles. The number of urea groups is 1. The molecule has 1 rings (SSSR count). The van der Waals surface area contributed by atoms with Crippen molar-refractivity contribution < 1.29 is 19.4 Å². The summed E-state index contributed by atoms with van der Waals surface area (Å²) < 4.78 is 5.63. The van der Waals surface area contributed by atoms with Crippen LogP contribution in [-0.4, -0.2) is 48.8 Å². The lowest BCUT2D eigenvalue weighted by Crippen LogP contribution is -2.41. The highest BCUT2D eigenvalue weighted by Gasteiger charge is 2.16. The first-order valence-corrected chi connectivity index (χ1v) is 8.23. The number of aliphatic carboxylic acids is 1. The molecular formula is C18H28N2O4. The Hall–Kier alpha value is -2.24. The summed E-state index contributed by atoms with van der Waals surface area (Å²) in [5.74, 6) is -0.159. The van der Waals surface area contributed by atoms with E-state index in [1.165, 1.54) is 4.90 Å². The van der Waals surface area contributed by atoms with Crippen molar-refractivity contribution in [3.05, 3.63) is 29.8 Å². The van der Waals surface area contributed by atoms with Crippen molar-refractivity contribution in [3.63, 3.8) is 0 Å². The fraction of sp³-hybridized carbons (Fsp3) is 0.556. The minimum Gasteiger partial charge on any atom is -0.493 e. The minimum absolute atomic E-state index is 0.184. The Labute approximate surface area is 143 Å². The summed E-state index contributed by atoms with van der Waals surface area (Å²) in [4.78, 5) is 24.1. The summed E-state index contributed by atoms with van der Waals surface area (Å²) in [6, 6.07) is 7.57. The van der Waals surface area contributed by atoms with E-state index in [-0.39, 0.29) is 12.6 Å². The van der Waals surface area contributed by atoms with Gasteiger partial charge < -0.3 is 20.1 Å². The number of carboxylic acids is 1. The molecule has 2 amide bonds. The van der Waals surface area contributed by atoms with Gasteiger partial charge in [-0.05, 0) is 30.0 Å². The van der Waals surface area contributed by atoms with Crippen molar-refractivity contribution in [2.45, 2.75) is 27.2 Å². The van der Waals surface area contributed by atoms with Gasteiger partial charge in [0.25, 0.3) is 0 Å². The Bertz CT molecular complexity index is 528. The highest BCUT2D eigenvalue weighted by Crippen LogP contribution is 2.13. The van der Waals surface area contributed by atoms with Gasteiger partial charge in [-0.15, -0.1) is 0 Å². The second-order valence-electron chi connectivity index (χ2n) is 6.45. The average Bonchev–Trinajstić information content (AvgIpc) is 2.53. The lowest BCUT2D eigenvalue weighted by atomic mass is 10.1. The van der Waals surface area contributed by atoms with E-state index in [0.29, 0.717) is 25.5 Å². The van der Waals surface area contributed by atoms with Crippen LogP contribution in [0.4, 0.5) is 4.79 Å². The summed E-state index contributed by atoms with van der Waals surface area (Å²) >= 11 is 0. The van der Waals surface area contributed by atoms with Gasteiger partial charge in [0, 0.05) is 20.1 Å². The lowest BCUT2D eigenvalue weighted by Gasteiger charge is -2.20. The van der Waals surface area contributed by atoms with Gasteiger partial charge >= 0.3 is 12.0 Å². The molecule has 0 bridgehead atoms. The first-order chi connectivity index (χ1) is 11.3. The van der Waals surface area contributed by atoms with Crippen molar-refractivity contribution in [2.24, 2.45) is 11.8 Å². The Balaban J connectivity index is 2.33. The fourth-order valence-electron chi connectivity index (χ4n) is 2.04. The zero-order chi connectivity index (χ0) is 18.1. The Morgan fingerprint density at radius 2 is 1.83 bits per heavy atom. The molecule has 6 nitrogen and oxygen atoms in total. The molecule has 6 heteroatoms. The molecule has 1 aromatic rings. The van der Waals surface area contributed by atoms with Crippen LogP contribution in [0.3, 0.4) is 0 Å². The topological polar surface area (TPSA) is 78.9 Å². The van der Waals surface area contributed by atoms with Crippen LogP contribution in [0.5, 0.6) is 5.75 Å². The van der Waals surface area contributed by atoms with Gasteiger partial charge in [-0.3, -0.25) is 4.79 Å². The van der Waals surface area contributed by atoms with Gasteiger partial charge in [-0.1, -0.05) is 32.9 Å². The van der Waals surface area contributed by atoms with Crippen molar-refractivity contribution in [3.8, 4) is 5.75 Å². The van der Waals surface area contributed by atoms with Gasteiger partial charge in [-0.25, -0.2) is 4.79 Å². The molecule has 0 fully saturated rings. The van der Waals surface area contributed by atoms with Gasteiger partial charge in [0.15, 0.2) is 0 Å². The minimum atomic E-state index is -0.908. The van der Waals surface area contributed by atoms with Gasteiger partial charge in [0.1, 0.15) is 5.75 Å². The number of carboxylic acid groups (broad SMARTS) is 1. The number of hydrogen-bond acceptors (Lipinski definition) is 3. The molecule has 1 aromatic carbocycles. The normalized spacial score (nSPS) is 11.9. The van der Waals surface area contributed by atoms with E-state index in [2.05, 4.69) is 19.2 Å². The quantitative estimate of drug-likeness (QED) is 0.726. The van der Waals surface area contributed by atoms with Crippen LogP contribution in [0, 0.1) is 11.8 Å². The molecule has 1 atom stereocenters. The number of carbonyl (C=O) groups is 2. The number of carbonyl (C=O) groups excluding carboxylic acids is 1. The van der Waals surface area contributed by atoms with Crippen LogP contribution in [0.2, 0.25) is 0 Å². The predicted octanol–water partition coefficient (Wildman–Crippen LogP) is 2.63. The largest absolute Gasteiger partial charge is 0.493 e. The maximum Gasteiger partial charge on any atom is 0.317 e. The third-order valence-corrected chi connectivity index (χ3v) is 3.51. The summed E-state index contributed by atoms with van der Waals surface area (Å²) in [5, 5.41) is 11.7. The van der Waals surface area contributed by atoms with Crippen LogP contribution in [0.25, 0.3) is 0 Å². The first-order valence-electron chi connectivity index (χ1n) is 8.23. The highest BCUT2D eigenvalue weighted by molar-refractivity contribution is 5.75. The third-order valence-electron chi connectivity index (χ3n) is 3.51. The van der Waals surface area contributed by atoms with Crippen LogP contribution >= 0.6 is 0 Å². The molecule has 2 N–H and O–H groups in total. The van der Waals surface area contributed by atoms with E-state index in [4.69, 9.17) is 9.84 Å². The number of nitrogens with zero attached hydrogens (tertiary/aromatic N) is 1. The predicted molar refractivity (Wildman–Crippen MR) is 93.3 cm³/mol. The first kappa shape index (κ1) is 19.8. The number of nitrogens with one attached hydrogen (secondary N) is 1. The summed E-state index contributed by atoms with van der Waals surface area (Å²) in [6.07, 6.45) is 0.707. The van der Waals surface area contributed by atoms with Crippen molar-refractivity contribution >= 4 is 12.0 Å². The molecule has 1 unspecified atom stereocenters. The fourth-order valence-corrected chi connectivity index (χ4v) is 2.04. The second-order valence-corrected chi connectivity index (χ2v) is 6.45. The Morgan fingerprint density at radius 1 is 1.21 bits per heavy atom. The van der Waals surface area contributed by atoms with E-state index in [9.17, 15) is 9.59 Å². The maximum absolute atomic E-state index is 11.9. The molecule has 0 aliphatic rings. The lowest BCUT2D eigenvalue weighted by molar-refractivity contribution is -0.141. The summed E-state index contributed by atoms with van der Waals surface area (Å²) in [5.41, 5.74) is 1.11. The number of amides is 2. The molecule has 134 valence electrons. The van der Waals surface area contributed by atoms with E-state index >= 15 is 0 Å². The maximum atomic E-state index is 11.9.